The van der Waals surface area contributed by atoms with Gasteiger partial charge in [0.25, 0.3) is 0 Å². The van der Waals surface area contributed by atoms with Gasteiger partial charge in [0.15, 0.2) is 5.78 Å². The highest BCUT2D eigenvalue weighted by molar-refractivity contribution is 6.12. The van der Waals surface area contributed by atoms with Crippen LogP contribution in [0.25, 0.3) is 27.8 Å². The molecule has 1 nitrogen and oxygen atoms in total. The third-order valence-electron chi connectivity index (χ3n) is 13.2. The maximum absolute atomic E-state index is 15.0. The maximum atomic E-state index is 15.0. The highest BCUT2D eigenvalue weighted by Gasteiger charge is 2.56. The molecule has 1 heteroatoms. The van der Waals surface area contributed by atoms with Gasteiger partial charge >= 0.3 is 0 Å². The minimum atomic E-state index is -0.471. The van der Waals surface area contributed by atoms with Crippen LogP contribution < -0.4 is 0 Å². The van der Waals surface area contributed by atoms with Gasteiger partial charge in [0.1, 0.15) is 0 Å². The Balaban J connectivity index is 1.05. The minimum absolute atomic E-state index is 0.102. The van der Waals surface area contributed by atoms with Gasteiger partial charge < -0.3 is 0 Å². The van der Waals surface area contributed by atoms with Crippen molar-refractivity contribution in [2.75, 3.05) is 0 Å². The van der Waals surface area contributed by atoms with E-state index < -0.39 is 5.41 Å². The topological polar surface area (TPSA) is 17.1 Å². The zero-order valence-corrected chi connectivity index (χ0v) is 28.7. The monoisotopic (exact) mass is 662 g/mol. The maximum Gasteiger partial charge on any atom is 0.192 e. The van der Waals surface area contributed by atoms with Gasteiger partial charge in [-0.05, 0) is 115 Å². The first-order chi connectivity index (χ1) is 25.7. The fourth-order valence-electron chi connectivity index (χ4n) is 11.3. The van der Waals surface area contributed by atoms with Gasteiger partial charge in [-0.1, -0.05) is 152 Å². The molecule has 0 saturated carbocycles. The molecule has 0 saturated heterocycles. The number of Topliss-reactive ketones (excluding diaryl/α,β-unsaturated/α-hetero) is 1. The predicted molar refractivity (Wildman–Crippen MR) is 210 cm³/mol. The van der Waals surface area contributed by atoms with Crippen molar-refractivity contribution in [3.63, 3.8) is 0 Å². The molecule has 0 N–H and O–H groups in total. The number of rotatable bonds is 2. The third-order valence-corrected chi connectivity index (χ3v) is 13.2. The smallest absolute Gasteiger partial charge is 0.192 e. The van der Waals surface area contributed by atoms with Gasteiger partial charge in [-0.3, -0.25) is 4.79 Å². The van der Waals surface area contributed by atoms with E-state index in [0.29, 0.717) is 0 Å². The molecule has 52 heavy (non-hydrogen) atoms. The van der Waals surface area contributed by atoms with E-state index in [1.54, 1.807) is 0 Å². The normalized spacial score (nSPS) is 21.4. The Bertz CT molecular complexity index is 2680. The molecular weight excluding hydrogens is 629 g/mol. The molecule has 0 heterocycles. The van der Waals surface area contributed by atoms with E-state index in [1.807, 2.05) is 0 Å². The van der Waals surface area contributed by atoms with E-state index in [9.17, 15) is 0 Å². The van der Waals surface area contributed by atoms with Crippen LogP contribution >= 0.6 is 0 Å². The van der Waals surface area contributed by atoms with Crippen LogP contribution in [0.4, 0.5) is 0 Å². The molecule has 0 fully saturated rings. The highest BCUT2D eigenvalue weighted by atomic mass is 16.1. The van der Waals surface area contributed by atoms with Crippen LogP contribution in [0.15, 0.2) is 181 Å². The van der Waals surface area contributed by atoms with Gasteiger partial charge in [-0.15, -0.1) is 0 Å². The van der Waals surface area contributed by atoms with Crippen molar-refractivity contribution in [3.05, 3.63) is 231 Å². The van der Waals surface area contributed by atoms with Crippen LogP contribution in [-0.2, 0) is 10.8 Å². The van der Waals surface area contributed by atoms with Crippen molar-refractivity contribution in [1.82, 2.24) is 0 Å². The first kappa shape index (κ1) is 28.6. The van der Waals surface area contributed by atoms with Gasteiger partial charge in [0.05, 0.1) is 10.8 Å². The van der Waals surface area contributed by atoms with Gasteiger partial charge in [0.2, 0.25) is 0 Å². The Labute approximate surface area is 304 Å². The summed E-state index contributed by atoms with van der Waals surface area (Å²) < 4.78 is 0. The van der Waals surface area contributed by atoms with Crippen molar-refractivity contribution in [2.24, 2.45) is 0 Å². The average Bonchev–Trinajstić information content (AvgIpc) is 3.89. The summed E-state index contributed by atoms with van der Waals surface area (Å²) in [5.74, 6) is 0.345. The Morgan fingerprint density at radius 3 is 1.79 bits per heavy atom. The lowest BCUT2D eigenvalue weighted by atomic mass is 9.66. The number of carbonyl (C=O) groups excluding carboxylic acids is 1. The third kappa shape index (κ3) is 3.25. The molecule has 0 radical (unpaired) electrons. The lowest BCUT2D eigenvalue weighted by Gasteiger charge is -2.35. The zero-order valence-electron chi connectivity index (χ0n) is 28.7. The second-order valence-corrected chi connectivity index (χ2v) is 15.2. The summed E-state index contributed by atoms with van der Waals surface area (Å²) in [7, 11) is 0. The molecule has 12 rings (SSSR count). The van der Waals surface area contributed by atoms with E-state index in [4.69, 9.17) is 0 Å². The molecule has 0 aromatic heterocycles. The molecule has 2 unspecified atom stereocenters. The Morgan fingerprint density at radius 2 is 1.12 bits per heavy atom. The second kappa shape index (κ2) is 10.0. The van der Waals surface area contributed by atoms with Crippen molar-refractivity contribution in [2.45, 2.75) is 36.0 Å². The summed E-state index contributed by atoms with van der Waals surface area (Å²) in [4.78, 5) is 15.0. The standard InChI is InChI=1S/C51H34O/c52-49(31-25-27-39-37-17-5-11-23-45(37)50(47(39)29-31)41-19-7-1-13-33(41)34-14-2-8-20-42(34)50)32-26-28-40-38-18-6-12-24-46(38)51(48(40)30-32)43-21-9-3-15-35(43)36-16-4-10-22-44(36)51/h1-3,5-15,17-27,29-30,40H,4,16,28H2. The second-order valence-electron chi connectivity index (χ2n) is 15.2. The quantitative estimate of drug-likeness (QED) is 0.168. The van der Waals surface area contributed by atoms with Gasteiger partial charge in [0, 0.05) is 17.1 Å². The molecule has 0 bridgehead atoms. The van der Waals surface area contributed by atoms with Crippen LogP contribution in [0.5, 0.6) is 0 Å². The number of ketones is 1. The molecule has 244 valence electrons. The average molecular weight is 663 g/mol. The van der Waals surface area contributed by atoms with Crippen LogP contribution in [0.1, 0.15) is 80.0 Å². The van der Waals surface area contributed by atoms with Crippen molar-refractivity contribution in [1.29, 1.82) is 0 Å². The van der Waals surface area contributed by atoms with Crippen LogP contribution in [-0.4, -0.2) is 5.78 Å². The van der Waals surface area contributed by atoms with Crippen molar-refractivity contribution >= 4 is 11.4 Å². The summed E-state index contributed by atoms with van der Waals surface area (Å²) in [5, 5.41) is 0. The van der Waals surface area contributed by atoms with Gasteiger partial charge in [-0.2, -0.15) is 0 Å². The number of fused-ring (bicyclic) bond motifs is 19. The molecule has 0 amide bonds. The molecule has 6 aliphatic rings. The molecule has 2 atom stereocenters. The fourth-order valence-corrected chi connectivity index (χ4v) is 11.3. The Kier molecular flexibility index (Phi) is 5.53. The first-order valence-electron chi connectivity index (χ1n) is 18.7. The van der Waals surface area contributed by atoms with Crippen LogP contribution in [0, 0.1) is 0 Å². The van der Waals surface area contributed by atoms with E-state index in [-0.39, 0.29) is 17.1 Å². The minimum Gasteiger partial charge on any atom is -0.289 e. The molecule has 2 spiro atoms. The first-order valence-corrected chi connectivity index (χ1v) is 18.7. The molecular formula is C51H34O. The number of carbonyl (C=O) groups is 1. The zero-order chi connectivity index (χ0) is 34.2. The van der Waals surface area contributed by atoms with Crippen LogP contribution in [0.3, 0.4) is 0 Å². The Hall–Kier alpha value is -6.05. The number of hydrogen-bond acceptors (Lipinski definition) is 1. The number of benzene rings is 6. The van der Waals surface area contributed by atoms with Crippen LogP contribution in [0.2, 0.25) is 0 Å². The summed E-state index contributed by atoms with van der Waals surface area (Å²) in [6, 6.07) is 51.2. The lowest BCUT2D eigenvalue weighted by molar-refractivity contribution is 0.103. The van der Waals surface area contributed by atoms with Crippen molar-refractivity contribution < 1.29 is 4.79 Å². The highest BCUT2D eigenvalue weighted by Crippen LogP contribution is 2.66. The largest absolute Gasteiger partial charge is 0.289 e. The lowest BCUT2D eigenvalue weighted by Crippen LogP contribution is -2.29. The molecule has 6 aliphatic carbocycles. The van der Waals surface area contributed by atoms with E-state index in [2.05, 4.69) is 164 Å². The molecule has 0 aliphatic heterocycles. The SMILES string of the molecule is O=C(C1=CCC2C(=C1)C1(C3=C(CCC=C3)c3ccccc31)c1ccccc12)c1ccc2c(c1)C1(c3ccccc3-c3ccccc31)c1ccccc1-2. The summed E-state index contributed by atoms with van der Waals surface area (Å²) in [6.07, 6.45) is 12.2. The van der Waals surface area contributed by atoms with E-state index in [0.717, 1.165) is 30.4 Å². The number of allylic oxidation sites excluding steroid dienone is 8. The van der Waals surface area contributed by atoms with Crippen molar-refractivity contribution in [3.8, 4) is 22.3 Å². The summed E-state index contributed by atoms with van der Waals surface area (Å²) >= 11 is 0. The van der Waals surface area contributed by atoms with Gasteiger partial charge in [-0.25, -0.2) is 0 Å². The number of hydrogen-bond donors (Lipinski definition) is 0. The Morgan fingerprint density at radius 1 is 0.558 bits per heavy atom. The molecule has 6 aromatic rings. The van der Waals surface area contributed by atoms with E-state index in [1.165, 1.54) is 83.5 Å². The van der Waals surface area contributed by atoms with E-state index >= 15 is 4.79 Å². The summed E-state index contributed by atoms with van der Waals surface area (Å²) in [5.41, 5.74) is 20.6. The fraction of sp³-hybridized carbons (Fsp3) is 0.118. The molecule has 6 aromatic carbocycles. The predicted octanol–water partition coefficient (Wildman–Crippen LogP) is 11.7. The summed E-state index contributed by atoms with van der Waals surface area (Å²) in [6.45, 7) is 0.